The van der Waals surface area contributed by atoms with E-state index in [4.69, 9.17) is 11.6 Å². The predicted octanol–water partition coefficient (Wildman–Crippen LogP) is 2.52. The normalized spacial score (nSPS) is 32.8. The van der Waals surface area contributed by atoms with Crippen molar-refractivity contribution in [3.63, 3.8) is 0 Å². The summed E-state index contributed by atoms with van der Waals surface area (Å²) >= 11 is 5.52. The van der Waals surface area contributed by atoms with Crippen LogP contribution >= 0.6 is 11.6 Å². The quantitative estimate of drug-likeness (QED) is 0.570. The van der Waals surface area contributed by atoms with Gasteiger partial charge in [-0.3, -0.25) is 4.79 Å². The summed E-state index contributed by atoms with van der Waals surface area (Å²) in [5.74, 6) is -0.0262. The van der Waals surface area contributed by atoms with Crippen LogP contribution in [0.25, 0.3) is 0 Å². The highest BCUT2D eigenvalue weighted by molar-refractivity contribution is 6.64. The van der Waals surface area contributed by atoms with Crippen LogP contribution in [0.15, 0.2) is 24.3 Å². The molecule has 0 heterocycles. The Kier molecular flexibility index (Phi) is 1.36. The summed E-state index contributed by atoms with van der Waals surface area (Å²) in [6, 6.07) is 0. The highest BCUT2D eigenvalue weighted by Crippen LogP contribution is 2.72. The Morgan fingerprint density at radius 1 is 1.33 bits per heavy atom. The van der Waals surface area contributed by atoms with Crippen molar-refractivity contribution in [3.8, 4) is 0 Å². The molecule has 1 nitrogen and oxygen atoms in total. The smallest absolute Gasteiger partial charge is 0.226 e. The molecule has 1 spiro atoms. The molecule has 0 bridgehead atoms. The minimum absolute atomic E-state index is 0.00926. The summed E-state index contributed by atoms with van der Waals surface area (Å²) in [7, 11) is 0. The number of allylic oxidation sites excluding steroid dienone is 4. The van der Waals surface area contributed by atoms with E-state index in [2.05, 4.69) is 26.0 Å². The van der Waals surface area contributed by atoms with Crippen molar-refractivity contribution >= 4 is 16.8 Å². The Morgan fingerprint density at radius 2 is 1.83 bits per heavy atom. The zero-order chi connectivity index (χ0) is 8.98. The number of hydrogen-bond acceptors (Lipinski definition) is 1. The summed E-state index contributed by atoms with van der Waals surface area (Å²) in [5, 5.41) is -0.212. The average Bonchev–Trinajstić information content (AvgIpc) is 2.32. The van der Waals surface area contributed by atoms with Crippen LogP contribution in [0.2, 0.25) is 0 Å². The molecule has 0 aromatic carbocycles. The van der Waals surface area contributed by atoms with E-state index in [-0.39, 0.29) is 22.0 Å². The van der Waals surface area contributed by atoms with E-state index in [0.717, 1.165) is 0 Å². The lowest BCUT2D eigenvalue weighted by Crippen LogP contribution is -1.99. The summed E-state index contributed by atoms with van der Waals surface area (Å²) in [6.07, 6.45) is 8.14. The Bertz CT molecular complexity index is 287. The summed E-state index contributed by atoms with van der Waals surface area (Å²) in [5.41, 5.74) is -0.0544. The van der Waals surface area contributed by atoms with E-state index >= 15 is 0 Å². The maximum Gasteiger partial charge on any atom is 0.226 e. The van der Waals surface area contributed by atoms with Gasteiger partial charge < -0.3 is 0 Å². The number of halogens is 1. The zero-order valence-electron chi connectivity index (χ0n) is 7.17. The largest absolute Gasteiger partial charge is 0.281 e. The summed E-state index contributed by atoms with van der Waals surface area (Å²) in [4.78, 5) is 11.1. The maximum atomic E-state index is 11.1. The molecule has 0 aliphatic heterocycles. The third kappa shape index (κ3) is 0.680. The van der Waals surface area contributed by atoms with Crippen LogP contribution in [0, 0.1) is 16.7 Å². The van der Waals surface area contributed by atoms with Gasteiger partial charge in [-0.2, -0.15) is 0 Å². The highest BCUT2D eigenvalue weighted by Gasteiger charge is 2.71. The minimum Gasteiger partial charge on any atom is -0.281 e. The molecule has 0 radical (unpaired) electrons. The fourth-order valence-corrected chi connectivity index (χ4v) is 2.86. The second kappa shape index (κ2) is 2.02. The monoisotopic (exact) mass is 182 g/mol. The first kappa shape index (κ1) is 8.06. The number of carbonyl (C=O) groups is 1. The van der Waals surface area contributed by atoms with Gasteiger partial charge in [0, 0.05) is 5.41 Å². The van der Waals surface area contributed by atoms with Gasteiger partial charge in [0.1, 0.15) is 0 Å². The van der Waals surface area contributed by atoms with E-state index < -0.39 is 0 Å². The predicted molar refractivity (Wildman–Crippen MR) is 48.8 cm³/mol. The lowest BCUT2D eigenvalue weighted by Gasteiger charge is -2.05. The first-order valence-corrected chi connectivity index (χ1v) is 4.46. The first-order chi connectivity index (χ1) is 5.52. The molecule has 1 unspecified atom stereocenters. The van der Waals surface area contributed by atoms with Crippen LogP contribution in [-0.2, 0) is 4.79 Å². The average molecular weight is 183 g/mol. The molecule has 2 heteroatoms. The summed E-state index contributed by atoms with van der Waals surface area (Å²) < 4.78 is 0. The van der Waals surface area contributed by atoms with Gasteiger partial charge in [-0.1, -0.05) is 38.2 Å². The molecule has 64 valence electrons. The fourth-order valence-electron chi connectivity index (χ4n) is 2.41. The van der Waals surface area contributed by atoms with Crippen LogP contribution in [0.4, 0.5) is 0 Å². The van der Waals surface area contributed by atoms with Crippen molar-refractivity contribution in [1.29, 1.82) is 0 Å². The number of rotatable bonds is 1. The van der Waals surface area contributed by atoms with Gasteiger partial charge in [0.05, 0.1) is 5.92 Å². The van der Waals surface area contributed by atoms with Crippen molar-refractivity contribution in [1.82, 2.24) is 0 Å². The van der Waals surface area contributed by atoms with Gasteiger partial charge in [-0.15, -0.1) is 0 Å². The highest BCUT2D eigenvalue weighted by atomic mass is 35.5. The SMILES string of the molecule is CC1(C)C(C(=O)Cl)C12C=CC=C2. The molecule has 2 rings (SSSR count). The van der Waals surface area contributed by atoms with Gasteiger partial charge >= 0.3 is 0 Å². The molecule has 0 N–H and O–H groups in total. The second-order valence-electron chi connectivity index (χ2n) is 4.11. The lowest BCUT2D eigenvalue weighted by molar-refractivity contribution is -0.113. The van der Waals surface area contributed by atoms with E-state index in [0.29, 0.717) is 0 Å². The van der Waals surface area contributed by atoms with Crippen molar-refractivity contribution in [3.05, 3.63) is 24.3 Å². The van der Waals surface area contributed by atoms with Crippen molar-refractivity contribution in [2.45, 2.75) is 13.8 Å². The van der Waals surface area contributed by atoms with Gasteiger partial charge in [0.25, 0.3) is 0 Å². The van der Waals surface area contributed by atoms with E-state index in [9.17, 15) is 4.79 Å². The molecule has 0 aromatic rings. The van der Waals surface area contributed by atoms with Crippen LogP contribution in [0.1, 0.15) is 13.8 Å². The third-order valence-electron chi connectivity index (χ3n) is 3.31. The zero-order valence-corrected chi connectivity index (χ0v) is 7.93. The number of carbonyl (C=O) groups excluding carboxylic acids is 1. The standard InChI is InChI=1S/C10H11ClO/c1-9(2)7(8(11)12)10(9)5-3-4-6-10/h3-7H,1-2H3. The van der Waals surface area contributed by atoms with Gasteiger partial charge in [-0.05, 0) is 17.0 Å². The molecule has 0 aromatic heterocycles. The third-order valence-corrected chi connectivity index (χ3v) is 3.53. The van der Waals surface area contributed by atoms with E-state index in [1.54, 1.807) is 0 Å². The lowest BCUT2D eigenvalue weighted by atomic mass is 9.98. The molecule has 1 fully saturated rings. The Hall–Kier alpha value is -0.560. The second-order valence-corrected chi connectivity index (χ2v) is 4.48. The van der Waals surface area contributed by atoms with Crippen LogP contribution in [0.5, 0.6) is 0 Å². The Balaban J connectivity index is 2.38. The van der Waals surface area contributed by atoms with Crippen LogP contribution in [0.3, 0.4) is 0 Å². The molecule has 12 heavy (non-hydrogen) atoms. The molecule has 0 amide bonds. The van der Waals surface area contributed by atoms with Crippen molar-refractivity contribution in [2.75, 3.05) is 0 Å². The van der Waals surface area contributed by atoms with Crippen LogP contribution < -0.4 is 0 Å². The molecule has 2 aliphatic rings. The summed E-state index contributed by atoms with van der Waals surface area (Å²) in [6.45, 7) is 4.16. The van der Waals surface area contributed by atoms with Crippen molar-refractivity contribution < 1.29 is 4.79 Å². The molecular weight excluding hydrogens is 172 g/mol. The Morgan fingerprint density at radius 3 is 2.17 bits per heavy atom. The number of hydrogen-bond donors (Lipinski definition) is 0. The van der Waals surface area contributed by atoms with Crippen LogP contribution in [-0.4, -0.2) is 5.24 Å². The van der Waals surface area contributed by atoms with E-state index in [1.807, 2.05) is 12.2 Å². The topological polar surface area (TPSA) is 17.1 Å². The van der Waals surface area contributed by atoms with E-state index in [1.165, 1.54) is 0 Å². The maximum absolute atomic E-state index is 11.1. The molecule has 2 aliphatic carbocycles. The van der Waals surface area contributed by atoms with Crippen molar-refractivity contribution in [2.24, 2.45) is 16.7 Å². The molecule has 1 saturated carbocycles. The molecule has 1 atom stereocenters. The Labute approximate surface area is 77.1 Å². The van der Waals surface area contributed by atoms with Gasteiger partial charge in [-0.25, -0.2) is 0 Å². The minimum atomic E-state index is -0.212. The molecule has 0 saturated heterocycles. The molecular formula is C10H11ClO. The fraction of sp³-hybridized carbons (Fsp3) is 0.500. The van der Waals surface area contributed by atoms with Gasteiger partial charge in [0.2, 0.25) is 5.24 Å². The first-order valence-electron chi connectivity index (χ1n) is 4.09. The van der Waals surface area contributed by atoms with Gasteiger partial charge in [0.15, 0.2) is 0 Å².